The third kappa shape index (κ3) is 3.10. The lowest BCUT2D eigenvalue weighted by Crippen LogP contribution is -2.48. The maximum atomic E-state index is 3.51. The van der Waals surface area contributed by atoms with E-state index >= 15 is 0 Å². The van der Waals surface area contributed by atoms with E-state index < -0.39 is 0 Å². The molecule has 1 aromatic carbocycles. The van der Waals surface area contributed by atoms with E-state index in [4.69, 9.17) is 0 Å². The lowest BCUT2D eigenvalue weighted by atomic mass is 9.97. The van der Waals surface area contributed by atoms with Gasteiger partial charge in [-0.25, -0.2) is 0 Å². The van der Waals surface area contributed by atoms with Gasteiger partial charge in [0.25, 0.3) is 0 Å². The van der Waals surface area contributed by atoms with Crippen LogP contribution in [-0.4, -0.2) is 50.7 Å². The zero-order valence-electron chi connectivity index (χ0n) is 11.9. The van der Waals surface area contributed by atoms with Gasteiger partial charge in [0, 0.05) is 38.4 Å². The fourth-order valence-corrected chi connectivity index (χ4v) is 3.27. The molecule has 2 heterocycles. The smallest absolute Gasteiger partial charge is 0.0367 e. The Morgan fingerprint density at radius 3 is 2.42 bits per heavy atom. The summed E-state index contributed by atoms with van der Waals surface area (Å²) >= 11 is 0. The van der Waals surface area contributed by atoms with Crippen LogP contribution in [-0.2, 0) is 0 Å². The Bertz CT molecular complexity index is 384. The number of hydrogen-bond donors (Lipinski definition) is 1. The van der Waals surface area contributed by atoms with Crippen LogP contribution in [0.5, 0.6) is 0 Å². The van der Waals surface area contributed by atoms with Crippen molar-refractivity contribution in [3.8, 4) is 0 Å². The zero-order chi connectivity index (χ0) is 13.1. The van der Waals surface area contributed by atoms with E-state index in [2.05, 4.69) is 52.4 Å². The van der Waals surface area contributed by atoms with Gasteiger partial charge >= 0.3 is 0 Å². The van der Waals surface area contributed by atoms with E-state index in [0.717, 1.165) is 11.8 Å². The van der Waals surface area contributed by atoms with Gasteiger partial charge in [0.05, 0.1) is 0 Å². The Kier molecular flexibility index (Phi) is 4.04. The second-order valence-corrected chi connectivity index (χ2v) is 6.02. The average molecular weight is 259 g/mol. The van der Waals surface area contributed by atoms with Crippen molar-refractivity contribution in [3.63, 3.8) is 0 Å². The molecule has 0 aromatic heterocycles. The molecule has 0 bridgehead atoms. The van der Waals surface area contributed by atoms with Gasteiger partial charge in [-0.1, -0.05) is 25.1 Å². The van der Waals surface area contributed by atoms with Crippen molar-refractivity contribution in [2.24, 2.45) is 11.8 Å². The fourth-order valence-electron chi connectivity index (χ4n) is 3.27. The molecule has 0 aliphatic carbocycles. The molecule has 0 amide bonds. The Hall–Kier alpha value is -1.06. The Morgan fingerprint density at radius 1 is 1.05 bits per heavy atom. The third-order valence-corrected chi connectivity index (χ3v) is 4.66. The molecule has 0 spiro atoms. The highest BCUT2D eigenvalue weighted by Crippen LogP contribution is 2.20. The Balaban J connectivity index is 1.49. The Labute approximate surface area is 116 Å². The number of rotatable bonds is 3. The SMILES string of the molecule is C[C@@H]1CNC[C@H]1CN1CCN(c2ccccc2)CC1. The van der Waals surface area contributed by atoms with Crippen molar-refractivity contribution in [2.45, 2.75) is 6.92 Å². The van der Waals surface area contributed by atoms with Crippen LogP contribution in [0.3, 0.4) is 0 Å². The van der Waals surface area contributed by atoms with Crippen molar-refractivity contribution in [2.75, 3.05) is 50.7 Å². The summed E-state index contributed by atoms with van der Waals surface area (Å²) in [6.07, 6.45) is 0. The van der Waals surface area contributed by atoms with Crippen LogP contribution in [0.15, 0.2) is 30.3 Å². The van der Waals surface area contributed by atoms with Gasteiger partial charge in [0.1, 0.15) is 0 Å². The molecule has 0 saturated carbocycles. The molecule has 0 unspecified atom stereocenters. The second kappa shape index (κ2) is 5.93. The minimum Gasteiger partial charge on any atom is -0.369 e. The molecule has 2 atom stereocenters. The van der Waals surface area contributed by atoms with E-state index in [9.17, 15) is 0 Å². The van der Waals surface area contributed by atoms with Crippen LogP contribution in [0.25, 0.3) is 0 Å². The summed E-state index contributed by atoms with van der Waals surface area (Å²) in [7, 11) is 0. The molecule has 1 aromatic rings. The molecule has 2 saturated heterocycles. The topological polar surface area (TPSA) is 18.5 Å². The molecule has 1 N–H and O–H groups in total. The summed E-state index contributed by atoms with van der Waals surface area (Å²) in [4.78, 5) is 5.15. The van der Waals surface area contributed by atoms with Gasteiger partial charge in [-0.3, -0.25) is 4.90 Å². The monoisotopic (exact) mass is 259 g/mol. The summed E-state index contributed by atoms with van der Waals surface area (Å²) in [5.74, 6) is 1.69. The van der Waals surface area contributed by atoms with E-state index in [1.807, 2.05) is 0 Å². The number of benzene rings is 1. The third-order valence-electron chi connectivity index (χ3n) is 4.66. The van der Waals surface area contributed by atoms with Crippen LogP contribution in [0.1, 0.15) is 6.92 Å². The van der Waals surface area contributed by atoms with Crippen molar-refractivity contribution >= 4 is 5.69 Å². The van der Waals surface area contributed by atoms with E-state index in [0.29, 0.717) is 0 Å². The average Bonchev–Trinajstić information content (AvgIpc) is 2.86. The summed E-state index contributed by atoms with van der Waals surface area (Å²) in [5.41, 5.74) is 1.37. The van der Waals surface area contributed by atoms with Crippen molar-refractivity contribution in [1.29, 1.82) is 0 Å². The predicted octanol–water partition coefficient (Wildman–Crippen LogP) is 1.66. The molecule has 19 heavy (non-hydrogen) atoms. The van der Waals surface area contributed by atoms with Crippen LogP contribution >= 0.6 is 0 Å². The molecular weight excluding hydrogens is 234 g/mol. The summed E-state index contributed by atoms with van der Waals surface area (Å²) < 4.78 is 0. The van der Waals surface area contributed by atoms with Crippen LogP contribution in [0.4, 0.5) is 5.69 Å². The molecule has 3 heteroatoms. The zero-order valence-corrected chi connectivity index (χ0v) is 11.9. The number of piperazine rings is 1. The number of anilines is 1. The minimum atomic E-state index is 0.840. The van der Waals surface area contributed by atoms with Gasteiger partial charge in [-0.2, -0.15) is 0 Å². The van der Waals surface area contributed by atoms with Crippen molar-refractivity contribution < 1.29 is 0 Å². The van der Waals surface area contributed by atoms with Gasteiger partial charge in [0.15, 0.2) is 0 Å². The molecule has 3 nitrogen and oxygen atoms in total. The first-order chi connectivity index (χ1) is 9.33. The minimum absolute atomic E-state index is 0.840. The van der Waals surface area contributed by atoms with Crippen molar-refractivity contribution in [1.82, 2.24) is 10.2 Å². The molecule has 2 aliphatic rings. The first kappa shape index (κ1) is 12.9. The first-order valence-corrected chi connectivity index (χ1v) is 7.56. The van der Waals surface area contributed by atoms with Crippen LogP contribution < -0.4 is 10.2 Å². The van der Waals surface area contributed by atoms with Crippen LogP contribution in [0.2, 0.25) is 0 Å². The van der Waals surface area contributed by atoms with Crippen molar-refractivity contribution in [3.05, 3.63) is 30.3 Å². The normalized spacial score (nSPS) is 28.8. The number of nitrogens with zero attached hydrogens (tertiary/aromatic N) is 2. The van der Waals surface area contributed by atoms with E-state index in [1.165, 1.54) is 51.5 Å². The van der Waals surface area contributed by atoms with Gasteiger partial charge in [-0.05, 0) is 37.1 Å². The molecule has 3 rings (SSSR count). The second-order valence-electron chi connectivity index (χ2n) is 6.02. The maximum absolute atomic E-state index is 3.51. The van der Waals surface area contributed by atoms with Gasteiger partial charge in [0.2, 0.25) is 0 Å². The number of hydrogen-bond acceptors (Lipinski definition) is 3. The fraction of sp³-hybridized carbons (Fsp3) is 0.625. The van der Waals surface area contributed by atoms with E-state index in [1.54, 1.807) is 0 Å². The first-order valence-electron chi connectivity index (χ1n) is 7.56. The van der Waals surface area contributed by atoms with Crippen LogP contribution in [0, 0.1) is 11.8 Å². The van der Waals surface area contributed by atoms with Gasteiger partial charge < -0.3 is 10.2 Å². The molecular formula is C16H25N3. The number of para-hydroxylation sites is 1. The molecule has 0 radical (unpaired) electrons. The molecule has 104 valence electrons. The summed E-state index contributed by atoms with van der Waals surface area (Å²) in [5, 5.41) is 3.51. The lowest BCUT2D eigenvalue weighted by Gasteiger charge is -2.37. The Morgan fingerprint density at radius 2 is 1.79 bits per heavy atom. The standard InChI is InChI=1S/C16H25N3/c1-14-11-17-12-15(14)13-18-7-9-19(10-8-18)16-5-3-2-4-6-16/h2-6,14-15,17H,7-13H2,1H3/t14-,15+/m1/s1. The highest BCUT2D eigenvalue weighted by atomic mass is 15.3. The lowest BCUT2D eigenvalue weighted by molar-refractivity contribution is 0.208. The highest BCUT2D eigenvalue weighted by Gasteiger charge is 2.26. The van der Waals surface area contributed by atoms with Gasteiger partial charge in [-0.15, -0.1) is 0 Å². The maximum Gasteiger partial charge on any atom is 0.0367 e. The van der Waals surface area contributed by atoms with E-state index in [-0.39, 0.29) is 0 Å². The number of nitrogens with one attached hydrogen (secondary N) is 1. The largest absolute Gasteiger partial charge is 0.369 e. The summed E-state index contributed by atoms with van der Waals surface area (Å²) in [6.45, 7) is 10.8. The summed E-state index contributed by atoms with van der Waals surface area (Å²) in [6, 6.07) is 10.8. The molecule has 2 fully saturated rings. The molecule has 2 aliphatic heterocycles. The highest BCUT2D eigenvalue weighted by molar-refractivity contribution is 5.46. The predicted molar refractivity (Wildman–Crippen MR) is 80.6 cm³/mol. The quantitative estimate of drug-likeness (QED) is 0.891.